The van der Waals surface area contributed by atoms with Gasteiger partial charge in [-0.1, -0.05) is 62.5 Å². The number of hydrogen-bond acceptors (Lipinski definition) is 1. The molecule has 2 fully saturated rings. The molecule has 4 aliphatic rings. The molecule has 0 nitrogen and oxygen atoms in total. The fourth-order valence-corrected chi connectivity index (χ4v) is 8.45. The Bertz CT molecular complexity index is 801. The van der Waals surface area contributed by atoms with Crippen LogP contribution in [0.25, 0.3) is 0 Å². The highest BCUT2D eigenvalue weighted by Crippen LogP contribution is 2.77. The van der Waals surface area contributed by atoms with E-state index in [2.05, 4.69) is 65.6 Å². The van der Waals surface area contributed by atoms with Gasteiger partial charge in [-0.25, -0.2) is 0 Å². The summed E-state index contributed by atoms with van der Waals surface area (Å²) in [5.74, 6) is 0.689. The second-order valence-corrected chi connectivity index (χ2v) is 11.2. The SMILES string of the molecule is B[C@]12CCC3=CCCCC3(C)[C@@]1(S)CCC1(C)C(C(/C=C\C=C)=C/C)=CCC12. The molecule has 0 radical (unpaired) electrons. The standard InChI is InChI=1S/C26H37BS/c1-5-7-10-19(6-2)21-12-13-22-23(21,3)17-18-26(28)24(4)15-9-8-11-20(24)14-16-25(22,26)27/h5-7,10-12,22,28H,1,8-9,13-18,27H2,2-4H3/b10-7-,19-6+/t22?,23?,24?,25-,26-/m0/s1. The van der Waals surface area contributed by atoms with Crippen molar-refractivity contribution in [3.05, 3.63) is 59.8 Å². The molecule has 0 aliphatic heterocycles. The third-order valence-corrected chi connectivity index (χ3v) is 10.7. The topological polar surface area (TPSA) is 0 Å². The molecule has 4 aliphatic carbocycles. The quantitative estimate of drug-likeness (QED) is 0.232. The average molecular weight is 392 g/mol. The summed E-state index contributed by atoms with van der Waals surface area (Å²) in [6.07, 6.45) is 23.9. The van der Waals surface area contributed by atoms with Gasteiger partial charge in [0.15, 0.2) is 0 Å². The molecular weight excluding hydrogens is 355 g/mol. The predicted molar refractivity (Wildman–Crippen MR) is 129 cm³/mol. The third kappa shape index (κ3) is 2.46. The van der Waals surface area contributed by atoms with Crippen LogP contribution >= 0.6 is 12.6 Å². The van der Waals surface area contributed by atoms with E-state index < -0.39 is 0 Å². The molecule has 2 saturated carbocycles. The maximum atomic E-state index is 5.64. The van der Waals surface area contributed by atoms with Gasteiger partial charge < -0.3 is 0 Å². The van der Waals surface area contributed by atoms with E-state index >= 15 is 0 Å². The fourth-order valence-electron chi connectivity index (χ4n) is 7.81. The molecule has 0 bridgehead atoms. The van der Waals surface area contributed by atoms with Crippen LogP contribution in [-0.4, -0.2) is 12.6 Å². The molecule has 150 valence electrons. The van der Waals surface area contributed by atoms with Crippen molar-refractivity contribution in [2.45, 2.75) is 82.2 Å². The van der Waals surface area contributed by atoms with Crippen LogP contribution in [0.3, 0.4) is 0 Å². The van der Waals surface area contributed by atoms with Gasteiger partial charge in [0, 0.05) is 10.2 Å². The lowest BCUT2D eigenvalue weighted by atomic mass is 9.34. The first-order chi connectivity index (χ1) is 13.3. The van der Waals surface area contributed by atoms with Crippen LogP contribution in [0.5, 0.6) is 0 Å². The van der Waals surface area contributed by atoms with Gasteiger partial charge in [-0.05, 0) is 86.1 Å². The minimum absolute atomic E-state index is 0.116. The van der Waals surface area contributed by atoms with Gasteiger partial charge in [-0.3, -0.25) is 0 Å². The largest absolute Gasteiger partial charge is 0.172 e. The van der Waals surface area contributed by atoms with Crippen LogP contribution in [0.2, 0.25) is 5.31 Å². The van der Waals surface area contributed by atoms with Crippen molar-refractivity contribution in [3.63, 3.8) is 0 Å². The molecule has 4 rings (SSSR count). The Kier molecular flexibility index (Phi) is 4.97. The molecule has 0 amide bonds. The number of rotatable bonds is 3. The van der Waals surface area contributed by atoms with Gasteiger partial charge in [0.05, 0.1) is 0 Å². The van der Waals surface area contributed by atoms with E-state index in [0.29, 0.717) is 5.92 Å². The molecule has 5 atom stereocenters. The first-order valence-electron chi connectivity index (χ1n) is 11.4. The lowest BCUT2D eigenvalue weighted by molar-refractivity contribution is 0.0109. The summed E-state index contributed by atoms with van der Waals surface area (Å²) in [4.78, 5) is 0. The Morgan fingerprint density at radius 3 is 2.71 bits per heavy atom. The van der Waals surface area contributed by atoms with Crippen LogP contribution in [0.15, 0.2) is 59.8 Å². The van der Waals surface area contributed by atoms with E-state index in [1.807, 2.05) is 6.08 Å². The highest BCUT2D eigenvalue weighted by molar-refractivity contribution is 7.82. The zero-order valence-electron chi connectivity index (χ0n) is 18.4. The highest BCUT2D eigenvalue weighted by Gasteiger charge is 2.68. The van der Waals surface area contributed by atoms with Crippen LogP contribution < -0.4 is 0 Å². The third-order valence-electron chi connectivity index (χ3n) is 9.50. The first kappa shape index (κ1) is 20.4. The van der Waals surface area contributed by atoms with Crippen molar-refractivity contribution in [2.24, 2.45) is 16.7 Å². The summed E-state index contributed by atoms with van der Waals surface area (Å²) in [6, 6.07) is 0. The van der Waals surface area contributed by atoms with Gasteiger partial charge in [0.1, 0.15) is 7.85 Å². The van der Waals surface area contributed by atoms with Crippen LogP contribution in [-0.2, 0) is 0 Å². The minimum Gasteiger partial charge on any atom is -0.172 e. The molecule has 3 unspecified atom stereocenters. The number of fused-ring (bicyclic) bond motifs is 5. The Hall–Kier alpha value is -0.885. The molecule has 0 aromatic rings. The number of hydrogen-bond donors (Lipinski definition) is 1. The van der Waals surface area contributed by atoms with E-state index in [9.17, 15) is 0 Å². The maximum Gasteiger partial charge on any atom is 0.111 e. The second kappa shape index (κ2) is 6.83. The second-order valence-electron chi connectivity index (χ2n) is 10.4. The summed E-state index contributed by atoms with van der Waals surface area (Å²) in [5.41, 5.74) is 5.23. The Labute approximate surface area is 179 Å². The van der Waals surface area contributed by atoms with Gasteiger partial charge in [0.2, 0.25) is 0 Å². The molecule has 2 heteroatoms. The van der Waals surface area contributed by atoms with E-state index in [0.717, 1.165) is 0 Å². The maximum absolute atomic E-state index is 5.64. The van der Waals surface area contributed by atoms with Gasteiger partial charge in [-0.2, -0.15) is 12.6 Å². The number of thiol groups is 1. The van der Waals surface area contributed by atoms with Crippen molar-refractivity contribution in [1.82, 2.24) is 0 Å². The molecule has 0 heterocycles. The van der Waals surface area contributed by atoms with Crippen molar-refractivity contribution in [1.29, 1.82) is 0 Å². The van der Waals surface area contributed by atoms with Gasteiger partial charge >= 0.3 is 0 Å². The molecule has 0 N–H and O–H groups in total. The molecule has 0 aromatic carbocycles. The van der Waals surface area contributed by atoms with E-state index in [1.165, 1.54) is 56.9 Å². The van der Waals surface area contributed by atoms with Crippen molar-refractivity contribution in [3.8, 4) is 0 Å². The first-order valence-corrected chi connectivity index (χ1v) is 11.8. The number of allylic oxidation sites excluding steroid dienone is 9. The van der Waals surface area contributed by atoms with Crippen molar-refractivity contribution in [2.75, 3.05) is 0 Å². The van der Waals surface area contributed by atoms with Gasteiger partial charge in [-0.15, -0.1) is 0 Å². The average Bonchev–Trinajstić information content (AvgIpc) is 3.03. The molecule has 28 heavy (non-hydrogen) atoms. The smallest absolute Gasteiger partial charge is 0.111 e. The molecule has 0 saturated heterocycles. The van der Waals surface area contributed by atoms with Crippen LogP contribution in [0.1, 0.15) is 72.1 Å². The van der Waals surface area contributed by atoms with E-state index in [1.54, 1.807) is 11.1 Å². The lowest BCUT2D eigenvalue weighted by Gasteiger charge is -2.69. The molecule has 0 aromatic heterocycles. The van der Waals surface area contributed by atoms with E-state index in [-0.39, 0.29) is 20.9 Å². The van der Waals surface area contributed by atoms with Crippen LogP contribution in [0, 0.1) is 16.7 Å². The summed E-state index contributed by atoms with van der Waals surface area (Å²) in [6.45, 7) is 11.1. The zero-order valence-corrected chi connectivity index (χ0v) is 19.2. The van der Waals surface area contributed by atoms with Gasteiger partial charge in [0.25, 0.3) is 0 Å². The normalized spacial score (nSPS) is 45.7. The molecular formula is C26H37BS. The Morgan fingerprint density at radius 2 is 2.00 bits per heavy atom. The fraction of sp³-hybridized carbons (Fsp3) is 0.615. The monoisotopic (exact) mass is 392 g/mol. The van der Waals surface area contributed by atoms with Crippen molar-refractivity contribution < 1.29 is 0 Å². The van der Waals surface area contributed by atoms with E-state index in [4.69, 9.17) is 12.6 Å². The Morgan fingerprint density at radius 1 is 1.21 bits per heavy atom. The summed E-state index contributed by atoms with van der Waals surface area (Å²) >= 11 is 5.64. The predicted octanol–water partition coefficient (Wildman–Crippen LogP) is 6.79. The minimum atomic E-state index is 0.116. The summed E-state index contributed by atoms with van der Waals surface area (Å²) in [5, 5.41) is 0.284. The summed E-state index contributed by atoms with van der Waals surface area (Å²) < 4.78 is 0.116. The highest BCUT2D eigenvalue weighted by atomic mass is 32.1. The Balaban J connectivity index is 1.75. The van der Waals surface area contributed by atoms with Crippen LogP contribution in [0.4, 0.5) is 0 Å². The zero-order chi connectivity index (χ0) is 20.2. The lowest BCUT2D eigenvalue weighted by Crippen LogP contribution is -2.63. The van der Waals surface area contributed by atoms with Crippen molar-refractivity contribution >= 4 is 20.5 Å². The molecule has 0 spiro atoms. The summed E-state index contributed by atoms with van der Waals surface area (Å²) in [7, 11) is 2.60.